The van der Waals surface area contributed by atoms with Crippen LogP contribution in [-0.4, -0.2) is 28.0 Å². The maximum absolute atomic E-state index is 11.2. The quantitative estimate of drug-likeness (QED) is 0.370. The molecule has 1 saturated carbocycles. The summed E-state index contributed by atoms with van der Waals surface area (Å²) in [5.41, 5.74) is 0. The van der Waals surface area contributed by atoms with Crippen molar-refractivity contribution < 1.29 is 8.42 Å². The van der Waals surface area contributed by atoms with Crippen LogP contribution in [0.25, 0.3) is 0 Å². The number of hydrogen-bond donors (Lipinski definition) is 3. The van der Waals surface area contributed by atoms with Gasteiger partial charge in [-0.3, -0.25) is 4.99 Å². The molecule has 20 heavy (non-hydrogen) atoms. The van der Waals surface area contributed by atoms with Crippen molar-refractivity contribution >= 4 is 51.3 Å². The first-order valence-corrected chi connectivity index (χ1v) is 8.41. The zero-order chi connectivity index (χ0) is 13.9. The highest BCUT2D eigenvalue weighted by molar-refractivity contribution is 14.0. The third-order valence-electron chi connectivity index (χ3n) is 2.83. The number of halogens is 1. The van der Waals surface area contributed by atoms with E-state index >= 15 is 0 Å². The van der Waals surface area contributed by atoms with Gasteiger partial charge in [-0.1, -0.05) is 0 Å². The lowest BCUT2D eigenvalue weighted by Crippen LogP contribution is -2.37. The first-order valence-electron chi connectivity index (χ1n) is 6.05. The SMILES string of the molecule is CN=C(NCc1ccc(S(N)(=O)=O)s1)NCC1CC1.I. The summed E-state index contributed by atoms with van der Waals surface area (Å²) in [5.74, 6) is 1.51. The number of nitrogens with two attached hydrogens (primary N) is 1. The Balaban J connectivity index is 0.00000200. The van der Waals surface area contributed by atoms with Crippen LogP contribution in [0.15, 0.2) is 21.3 Å². The number of guanidine groups is 1. The standard InChI is InChI=1S/C11H18N4O2S2.HI/c1-13-11(14-6-8-2-3-8)15-7-9-4-5-10(18-9)19(12,16)17;/h4-5,8H,2-3,6-7H2,1H3,(H2,12,16,17)(H2,13,14,15);1H. The Morgan fingerprint density at radius 2 is 2.15 bits per heavy atom. The molecule has 4 N–H and O–H groups in total. The molecule has 0 radical (unpaired) electrons. The van der Waals surface area contributed by atoms with Gasteiger partial charge < -0.3 is 10.6 Å². The normalized spacial score (nSPS) is 15.6. The highest BCUT2D eigenvalue weighted by Crippen LogP contribution is 2.27. The lowest BCUT2D eigenvalue weighted by molar-refractivity contribution is 0.600. The van der Waals surface area contributed by atoms with Crippen LogP contribution in [0, 0.1) is 5.92 Å². The van der Waals surface area contributed by atoms with E-state index in [-0.39, 0.29) is 28.2 Å². The van der Waals surface area contributed by atoms with Crippen molar-refractivity contribution in [2.45, 2.75) is 23.6 Å². The molecule has 0 saturated heterocycles. The highest BCUT2D eigenvalue weighted by atomic mass is 127. The lowest BCUT2D eigenvalue weighted by atomic mass is 10.4. The maximum Gasteiger partial charge on any atom is 0.247 e. The lowest BCUT2D eigenvalue weighted by Gasteiger charge is -2.10. The molecule has 6 nitrogen and oxygen atoms in total. The summed E-state index contributed by atoms with van der Waals surface area (Å²) in [7, 11) is -1.88. The van der Waals surface area contributed by atoms with Crippen LogP contribution in [0.3, 0.4) is 0 Å². The number of primary sulfonamides is 1. The Kier molecular flexibility index (Phi) is 6.69. The van der Waals surface area contributed by atoms with Gasteiger partial charge in [-0.25, -0.2) is 13.6 Å². The van der Waals surface area contributed by atoms with Crippen molar-refractivity contribution in [2.75, 3.05) is 13.6 Å². The van der Waals surface area contributed by atoms with E-state index in [9.17, 15) is 8.42 Å². The van der Waals surface area contributed by atoms with Crippen LogP contribution in [-0.2, 0) is 16.6 Å². The number of thiophene rings is 1. The maximum atomic E-state index is 11.2. The van der Waals surface area contributed by atoms with Gasteiger partial charge in [0.05, 0.1) is 6.54 Å². The molecular formula is C11H19IN4O2S2. The number of sulfonamides is 1. The summed E-state index contributed by atoms with van der Waals surface area (Å²) in [6.07, 6.45) is 2.57. The zero-order valence-electron chi connectivity index (χ0n) is 11.1. The van der Waals surface area contributed by atoms with E-state index in [0.717, 1.165) is 23.3 Å². The summed E-state index contributed by atoms with van der Waals surface area (Å²) in [4.78, 5) is 5.02. The van der Waals surface area contributed by atoms with Gasteiger partial charge in [0.15, 0.2) is 5.96 Å². The Bertz CT molecular complexity index is 567. The summed E-state index contributed by atoms with van der Waals surface area (Å²) in [6, 6.07) is 3.28. The van der Waals surface area contributed by atoms with Crippen LogP contribution in [0.2, 0.25) is 0 Å². The first-order chi connectivity index (χ1) is 8.99. The number of nitrogens with one attached hydrogen (secondary N) is 2. The smallest absolute Gasteiger partial charge is 0.247 e. The molecule has 2 rings (SSSR count). The Morgan fingerprint density at radius 3 is 2.65 bits per heavy atom. The number of aliphatic imine (C=N–C) groups is 1. The topological polar surface area (TPSA) is 96.6 Å². The third-order valence-corrected chi connectivity index (χ3v) is 5.35. The van der Waals surface area contributed by atoms with Crippen molar-refractivity contribution in [3.05, 3.63) is 17.0 Å². The average Bonchev–Trinajstić information content (AvgIpc) is 3.04. The van der Waals surface area contributed by atoms with Crippen molar-refractivity contribution in [1.82, 2.24) is 10.6 Å². The van der Waals surface area contributed by atoms with Gasteiger partial charge in [0.1, 0.15) is 4.21 Å². The molecule has 9 heteroatoms. The van der Waals surface area contributed by atoms with Crippen LogP contribution in [0.5, 0.6) is 0 Å². The van der Waals surface area contributed by atoms with E-state index in [4.69, 9.17) is 5.14 Å². The largest absolute Gasteiger partial charge is 0.356 e. The second-order valence-corrected chi connectivity index (χ2v) is 7.47. The van der Waals surface area contributed by atoms with E-state index < -0.39 is 10.0 Å². The fourth-order valence-corrected chi connectivity index (χ4v) is 3.28. The Hall–Kier alpha value is -0.390. The summed E-state index contributed by atoms with van der Waals surface area (Å²) < 4.78 is 22.5. The molecule has 114 valence electrons. The Morgan fingerprint density at radius 1 is 1.45 bits per heavy atom. The third kappa shape index (κ3) is 5.54. The van der Waals surface area contributed by atoms with Gasteiger partial charge in [0.25, 0.3) is 0 Å². The van der Waals surface area contributed by atoms with Crippen molar-refractivity contribution in [3.63, 3.8) is 0 Å². The molecule has 1 aliphatic rings. The summed E-state index contributed by atoms with van der Waals surface area (Å²) in [6.45, 7) is 1.47. The molecule has 0 aliphatic heterocycles. The zero-order valence-corrected chi connectivity index (χ0v) is 15.1. The molecule has 0 aromatic carbocycles. The predicted molar refractivity (Wildman–Crippen MR) is 92.0 cm³/mol. The van der Waals surface area contributed by atoms with Gasteiger partial charge in [-0.2, -0.15) is 0 Å². The van der Waals surface area contributed by atoms with Crippen LogP contribution in [0.1, 0.15) is 17.7 Å². The molecule has 1 fully saturated rings. The van der Waals surface area contributed by atoms with Crippen molar-refractivity contribution in [1.29, 1.82) is 0 Å². The second kappa shape index (κ2) is 7.57. The fourth-order valence-electron chi connectivity index (χ4n) is 1.56. The molecule has 0 atom stereocenters. The van der Waals surface area contributed by atoms with E-state index in [1.165, 1.54) is 30.2 Å². The minimum absolute atomic E-state index is 0. The molecule has 1 heterocycles. The van der Waals surface area contributed by atoms with Gasteiger partial charge in [-0.15, -0.1) is 35.3 Å². The summed E-state index contributed by atoms with van der Waals surface area (Å²) >= 11 is 1.17. The second-order valence-electron chi connectivity index (χ2n) is 4.52. The monoisotopic (exact) mass is 430 g/mol. The van der Waals surface area contributed by atoms with E-state index in [0.29, 0.717) is 6.54 Å². The number of hydrogen-bond acceptors (Lipinski definition) is 4. The molecule has 0 bridgehead atoms. The number of nitrogens with zero attached hydrogens (tertiary/aromatic N) is 1. The van der Waals surface area contributed by atoms with Crippen LogP contribution < -0.4 is 15.8 Å². The van der Waals surface area contributed by atoms with E-state index in [1.807, 2.05) is 0 Å². The molecule has 0 amide bonds. The van der Waals surface area contributed by atoms with Crippen molar-refractivity contribution in [2.24, 2.45) is 16.0 Å². The van der Waals surface area contributed by atoms with Gasteiger partial charge >= 0.3 is 0 Å². The van der Waals surface area contributed by atoms with Gasteiger partial charge in [0.2, 0.25) is 10.0 Å². The predicted octanol–water partition coefficient (Wildman–Crippen LogP) is 1.09. The summed E-state index contributed by atoms with van der Waals surface area (Å²) in [5, 5.41) is 11.5. The van der Waals surface area contributed by atoms with Crippen LogP contribution >= 0.6 is 35.3 Å². The number of rotatable bonds is 5. The van der Waals surface area contributed by atoms with E-state index in [2.05, 4.69) is 15.6 Å². The highest BCUT2D eigenvalue weighted by Gasteiger charge is 2.21. The Labute approximate surface area is 140 Å². The fraction of sp³-hybridized carbons (Fsp3) is 0.545. The minimum Gasteiger partial charge on any atom is -0.356 e. The first kappa shape index (κ1) is 17.7. The van der Waals surface area contributed by atoms with E-state index in [1.54, 1.807) is 13.1 Å². The van der Waals surface area contributed by atoms with Gasteiger partial charge in [0, 0.05) is 18.5 Å². The molecular weight excluding hydrogens is 411 g/mol. The van der Waals surface area contributed by atoms with Gasteiger partial charge in [-0.05, 0) is 30.9 Å². The molecule has 1 aromatic heterocycles. The van der Waals surface area contributed by atoms with Crippen LogP contribution in [0.4, 0.5) is 0 Å². The molecule has 1 aromatic rings. The minimum atomic E-state index is -3.59. The molecule has 0 unspecified atom stereocenters. The molecule has 0 spiro atoms. The molecule has 1 aliphatic carbocycles. The van der Waals surface area contributed by atoms with Crippen molar-refractivity contribution in [3.8, 4) is 0 Å². The average molecular weight is 430 g/mol.